The Hall–Kier alpha value is -4.74. The number of aryl methyl sites for hydroxylation is 1. The Balaban J connectivity index is 1.36. The van der Waals surface area contributed by atoms with E-state index in [1.807, 2.05) is 42.5 Å². The minimum absolute atomic E-state index is 0.0868. The average molecular weight is 603 g/mol. The quantitative estimate of drug-likeness (QED) is 0.268. The highest BCUT2D eigenvalue weighted by molar-refractivity contribution is 6.36. The number of methoxy groups -OCH3 is 1. The summed E-state index contributed by atoms with van der Waals surface area (Å²) in [5, 5.41) is 9.30. The molecular formula is C31H31ClN6O5. The van der Waals surface area contributed by atoms with Gasteiger partial charge in [-0.1, -0.05) is 48.0 Å². The fourth-order valence-corrected chi connectivity index (χ4v) is 5.29. The minimum Gasteiger partial charge on any atom is -0.481 e. The molecule has 0 aliphatic carbocycles. The van der Waals surface area contributed by atoms with Gasteiger partial charge in [0, 0.05) is 62.5 Å². The lowest BCUT2D eigenvalue weighted by Crippen LogP contribution is -2.40. The van der Waals surface area contributed by atoms with Gasteiger partial charge in [0.1, 0.15) is 5.56 Å². The van der Waals surface area contributed by atoms with Crippen LogP contribution in [-0.4, -0.2) is 45.6 Å². The second-order valence-electron chi connectivity index (χ2n) is 10.3. The Morgan fingerprint density at radius 3 is 2.60 bits per heavy atom. The molecule has 4 aromatic rings. The van der Waals surface area contributed by atoms with Crippen molar-refractivity contribution < 1.29 is 14.3 Å². The molecule has 222 valence electrons. The summed E-state index contributed by atoms with van der Waals surface area (Å²) in [6.07, 6.45) is 2.59. The molecule has 0 bridgehead atoms. The molecule has 1 aliphatic heterocycles. The smallest absolute Gasteiger partial charge is 0.330 e. The van der Waals surface area contributed by atoms with E-state index < -0.39 is 17.2 Å². The first-order valence-corrected chi connectivity index (χ1v) is 14.1. The van der Waals surface area contributed by atoms with Crippen LogP contribution in [-0.2, 0) is 25.4 Å². The van der Waals surface area contributed by atoms with Gasteiger partial charge < -0.3 is 25.3 Å². The second-order valence-corrected chi connectivity index (χ2v) is 10.7. The van der Waals surface area contributed by atoms with Gasteiger partial charge in [0.2, 0.25) is 11.8 Å². The van der Waals surface area contributed by atoms with Gasteiger partial charge in [-0.2, -0.15) is 0 Å². The third-order valence-corrected chi connectivity index (χ3v) is 7.74. The zero-order valence-electron chi connectivity index (χ0n) is 23.9. The van der Waals surface area contributed by atoms with Crippen molar-refractivity contribution in [1.82, 2.24) is 24.8 Å². The maximum Gasteiger partial charge on any atom is 0.330 e. The van der Waals surface area contributed by atoms with Crippen molar-refractivity contribution in [2.24, 2.45) is 14.1 Å². The number of pyridine rings is 1. The van der Waals surface area contributed by atoms with Crippen molar-refractivity contribution >= 4 is 29.1 Å². The van der Waals surface area contributed by atoms with Crippen LogP contribution in [0.2, 0.25) is 5.02 Å². The van der Waals surface area contributed by atoms with Crippen LogP contribution in [0.25, 0.3) is 22.4 Å². The Labute approximate surface area is 252 Å². The van der Waals surface area contributed by atoms with Gasteiger partial charge >= 0.3 is 5.69 Å². The normalized spacial score (nSPS) is 14.4. The lowest BCUT2D eigenvalue weighted by atomic mass is 10.0. The van der Waals surface area contributed by atoms with E-state index in [4.69, 9.17) is 21.3 Å². The molecule has 5 rings (SSSR count). The molecule has 43 heavy (non-hydrogen) atoms. The number of halogens is 1. The van der Waals surface area contributed by atoms with Crippen molar-refractivity contribution in [2.45, 2.75) is 25.4 Å². The van der Waals surface area contributed by atoms with E-state index in [1.54, 1.807) is 19.2 Å². The third kappa shape index (κ3) is 6.37. The average Bonchev–Trinajstić information content (AvgIpc) is 3.43. The van der Waals surface area contributed by atoms with Crippen LogP contribution in [0.4, 0.5) is 5.69 Å². The van der Waals surface area contributed by atoms with Crippen molar-refractivity contribution in [3.8, 4) is 28.3 Å². The molecule has 1 saturated heterocycles. The fraction of sp³-hybridized carbons (Fsp3) is 0.258. The predicted molar refractivity (Wildman–Crippen MR) is 164 cm³/mol. The van der Waals surface area contributed by atoms with Crippen LogP contribution in [0, 0.1) is 0 Å². The number of nitrogens with zero attached hydrogens (tertiary/aromatic N) is 3. The topological polar surface area (TPSA) is 136 Å². The van der Waals surface area contributed by atoms with E-state index in [-0.39, 0.29) is 17.5 Å². The number of hydrogen-bond acceptors (Lipinski definition) is 7. The number of aromatic nitrogens is 3. The highest BCUT2D eigenvalue weighted by atomic mass is 35.5. The van der Waals surface area contributed by atoms with Crippen molar-refractivity contribution in [3.63, 3.8) is 0 Å². The second kappa shape index (κ2) is 12.6. The Morgan fingerprint density at radius 2 is 1.86 bits per heavy atom. The van der Waals surface area contributed by atoms with Crippen molar-refractivity contribution in [3.05, 3.63) is 97.8 Å². The summed E-state index contributed by atoms with van der Waals surface area (Å²) in [7, 11) is 4.36. The number of carbonyl (C=O) groups excluding carboxylic acids is 2. The van der Waals surface area contributed by atoms with Crippen LogP contribution in [0.15, 0.2) is 70.4 Å². The van der Waals surface area contributed by atoms with Crippen molar-refractivity contribution in [1.29, 1.82) is 0 Å². The molecule has 3 N–H and O–H groups in total. The Bertz CT molecular complexity index is 1830. The monoisotopic (exact) mass is 602 g/mol. The van der Waals surface area contributed by atoms with Gasteiger partial charge in [-0.3, -0.25) is 19.0 Å². The van der Waals surface area contributed by atoms with Crippen LogP contribution < -0.4 is 31.9 Å². The molecule has 12 heteroatoms. The van der Waals surface area contributed by atoms with Gasteiger partial charge in [0.25, 0.3) is 11.5 Å². The highest BCUT2D eigenvalue weighted by Crippen LogP contribution is 2.36. The number of amides is 2. The Morgan fingerprint density at radius 1 is 1.09 bits per heavy atom. The van der Waals surface area contributed by atoms with Crippen LogP contribution in [0.3, 0.4) is 0 Å². The summed E-state index contributed by atoms with van der Waals surface area (Å²) in [4.78, 5) is 53.7. The number of ether oxygens (including phenoxy) is 1. The lowest BCUT2D eigenvalue weighted by Gasteiger charge is -2.14. The van der Waals surface area contributed by atoms with E-state index in [9.17, 15) is 19.2 Å². The number of nitrogens with one attached hydrogen (secondary N) is 3. The first kappa shape index (κ1) is 29.7. The highest BCUT2D eigenvalue weighted by Gasteiger charge is 2.21. The zero-order valence-corrected chi connectivity index (χ0v) is 24.7. The van der Waals surface area contributed by atoms with Gasteiger partial charge in [0.05, 0.1) is 23.5 Å². The molecule has 1 fully saturated rings. The molecule has 11 nitrogen and oxygen atoms in total. The molecule has 2 amide bonds. The molecular weight excluding hydrogens is 572 g/mol. The SMILES string of the molecule is COc1nc(-c2cccc(-c3cccc(NC(=O)c4cn(C)c(=O)n(C)c4=O)c3Cl)c2)ccc1CNCC1CCC(=O)N1. The van der Waals surface area contributed by atoms with E-state index in [0.29, 0.717) is 47.4 Å². The molecule has 1 atom stereocenters. The fourth-order valence-electron chi connectivity index (χ4n) is 5.00. The number of rotatable bonds is 9. The molecule has 0 spiro atoms. The third-order valence-electron chi connectivity index (χ3n) is 7.33. The summed E-state index contributed by atoms with van der Waals surface area (Å²) in [5.41, 5.74) is 2.80. The van der Waals surface area contributed by atoms with E-state index in [2.05, 4.69) is 16.0 Å². The zero-order chi connectivity index (χ0) is 30.7. The molecule has 3 heterocycles. The first-order chi connectivity index (χ1) is 20.7. The van der Waals surface area contributed by atoms with Gasteiger partial charge in [-0.05, 0) is 30.2 Å². The van der Waals surface area contributed by atoms with E-state index >= 15 is 0 Å². The number of hydrogen-bond donors (Lipinski definition) is 3. The molecule has 2 aromatic heterocycles. The summed E-state index contributed by atoms with van der Waals surface area (Å²) in [5.74, 6) is -0.0928. The number of anilines is 1. The summed E-state index contributed by atoms with van der Waals surface area (Å²) in [6, 6.07) is 16.9. The standard InChI is InChI=1S/C31H31ClN6O5/c1-37-17-23(30(41)38(2)31(37)42)28(40)35-25-9-5-8-22(27(25)32)18-6-4-7-19(14-18)24-12-10-20(29(36-24)43-3)15-33-16-21-11-13-26(39)34-21/h4-10,12,14,17,21,33H,11,13,15-16H2,1-3H3,(H,34,39)(H,35,40). The van der Waals surface area contributed by atoms with E-state index in [1.165, 1.54) is 24.9 Å². The van der Waals surface area contributed by atoms with Gasteiger partial charge in [-0.15, -0.1) is 0 Å². The van der Waals surface area contributed by atoms with Crippen LogP contribution in [0.1, 0.15) is 28.8 Å². The lowest BCUT2D eigenvalue weighted by molar-refractivity contribution is -0.119. The molecule has 2 aromatic carbocycles. The van der Waals surface area contributed by atoms with Crippen LogP contribution >= 0.6 is 11.6 Å². The maximum atomic E-state index is 13.0. The maximum absolute atomic E-state index is 13.0. The molecule has 0 radical (unpaired) electrons. The molecule has 0 saturated carbocycles. The summed E-state index contributed by atoms with van der Waals surface area (Å²) >= 11 is 6.75. The summed E-state index contributed by atoms with van der Waals surface area (Å²) < 4.78 is 7.62. The van der Waals surface area contributed by atoms with Gasteiger partial charge in [-0.25, -0.2) is 9.78 Å². The molecule has 1 unspecified atom stereocenters. The van der Waals surface area contributed by atoms with Crippen molar-refractivity contribution in [2.75, 3.05) is 19.0 Å². The minimum atomic E-state index is -0.701. The van der Waals surface area contributed by atoms with E-state index in [0.717, 1.165) is 27.7 Å². The largest absolute Gasteiger partial charge is 0.481 e. The van der Waals surface area contributed by atoms with Crippen LogP contribution in [0.5, 0.6) is 5.88 Å². The molecule has 1 aliphatic rings. The van der Waals surface area contributed by atoms with Gasteiger partial charge in [0.15, 0.2) is 0 Å². The number of carbonyl (C=O) groups is 2. The summed E-state index contributed by atoms with van der Waals surface area (Å²) in [6.45, 7) is 1.21. The Kier molecular flexibility index (Phi) is 8.74. The first-order valence-electron chi connectivity index (χ1n) is 13.7. The predicted octanol–water partition coefficient (Wildman–Crippen LogP) is 3.10. The number of benzene rings is 2.